The van der Waals surface area contributed by atoms with Gasteiger partial charge >= 0.3 is 0 Å². The smallest absolute Gasteiger partial charge is 0.233 e. The molecule has 0 spiro atoms. The van der Waals surface area contributed by atoms with Gasteiger partial charge in [0.2, 0.25) is 9.05 Å². The molecule has 0 aliphatic heterocycles. The molecule has 0 aromatic heterocycles. The molecule has 0 radical (unpaired) electrons. The van der Waals surface area contributed by atoms with Crippen LogP contribution in [0.3, 0.4) is 0 Å². The topological polar surface area (TPSA) is 43.4 Å². The van der Waals surface area contributed by atoms with Crippen molar-refractivity contribution in [1.29, 1.82) is 0 Å². The monoisotopic (exact) mass is 312 g/mol. The number of para-hydroxylation sites is 1. The molecule has 108 valence electrons. The summed E-state index contributed by atoms with van der Waals surface area (Å²) in [6, 6.07) is 3.36. The number of ether oxygens (including phenoxy) is 1. The number of hydrogen-bond acceptors (Lipinski definition) is 3. The van der Waals surface area contributed by atoms with Crippen LogP contribution in [0, 0.1) is 23.5 Å². The van der Waals surface area contributed by atoms with E-state index in [9.17, 15) is 17.2 Å². The lowest BCUT2D eigenvalue weighted by Gasteiger charge is -2.20. The van der Waals surface area contributed by atoms with E-state index in [4.69, 9.17) is 15.4 Å². The van der Waals surface area contributed by atoms with Crippen LogP contribution in [0.5, 0.6) is 5.75 Å². The normalized spacial score (nSPS) is 13.6. The van der Waals surface area contributed by atoms with Crippen LogP contribution in [-0.2, 0) is 9.05 Å². The minimum Gasteiger partial charge on any atom is -0.487 e. The third kappa shape index (κ3) is 5.32. The Hall–Kier alpha value is -0.880. The first kappa shape index (κ1) is 16.2. The lowest BCUT2D eigenvalue weighted by Crippen LogP contribution is -2.25. The Balaban J connectivity index is 2.77. The zero-order valence-electron chi connectivity index (χ0n) is 10.6. The summed E-state index contributed by atoms with van der Waals surface area (Å²) in [5, 5.41) is 0. The first-order valence-corrected chi connectivity index (χ1v) is 8.17. The molecule has 0 bridgehead atoms. The van der Waals surface area contributed by atoms with Crippen LogP contribution in [0.25, 0.3) is 0 Å². The fraction of sp³-hybridized carbons (Fsp3) is 0.500. The standard InChI is InChI=1S/C12H15ClF2O3S/c1-8(2)9(7-19(13,16)17)6-18-12-10(14)4-3-5-11(12)15/h3-5,8-9H,6-7H2,1-2H3. The molecule has 0 saturated heterocycles. The molecule has 1 aromatic carbocycles. The maximum Gasteiger partial charge on any atom is 0.233 e. The van der Waals surface area contributed by atoms with E-state index in [1.165, 1.54) is 6.07 Å². The molecule has 7 heteroatoms. The van der Waals surface area contributed by atoms with E-state index < -0.39 is 32.4 Å². The average Bonchev–Trinajstić information content (AvgIpc) is 2.24. The molecule has 1 unspecified atom stereocenters. The molecule has 0 N–H and O–H groups in total. The van der Waals surface area contributed by atoms with Gasteiger partial charge in [0, 0.05) is 16.6 Å². The number of halogens is 3. The highest BCUT2D eigenvalue weighted by Crippen LogP contribution is 2.23. The molecule has 0 aliphatic rings. The van der Waals surface area contributed by atoms with Gasteiger partial charge in [-0.05, 0) is 18.1 Å². The summed E-state index contributed by atoms with van der Waals surface area (Å²) in [4.78, 5) is 0. The lowest BCUT2D eigenvalue weighted by atomic mass is 9.99. The van der Waals surface area contributed by atoms with E-state index in [2.05, 4.69) is 0 Å². The number of benzene rings is 1. The summed E-state index contributed by atoms with van der Waals surface area (Å²) in [6.07, 6.45) is 0. The van der Waals surface area contributed by atoms with E-state index in [-0.39, 0.29) is 18.3 Å². The van der Waals surface area contributed by atoms with Gasteiger partial charge in [0.1, 0.15) is 0 Å². The van der Waals surface area contributed by atoms with Gasteiger partial charge in [0.15, 0.2) is 17.4 Å². The van der Waals surface area contributed by atoms with E-state index in [1.54, 1.807) is 13.8 Å². The van der Waals surface area contributed by atoms with Gasteiger partial charge in [-0.1, -0.05) is 19.9 Å². The Bertz CT molecular complexity index is 512. The lowest BCUT2D eigenvalue weighted by molar-refractivity contribution is 0.209. The van der Waals surface area contributed by atoms with Crippen molar-refractivity contribution in [1.82, 2.24) is 0 Å². The van der Waals surface area contributed by atoms with Gasteiger partial charge in [0.25, 0.3) is 0 Å². The quantitative estimate of drug-likeness (QED) is 0.758. The van der Waals surface area contributed by atoms with Gasteiger partial charge in [-0.25, -0.2) is 17.2 Å². The maximum absolute atomic E-state index is 13.3. The third-order valence-electron chi connectivity index (χ3n) is 2.72. The summed E-state index contributed by atoms with van der Waals surface area (Å²) in [6.45, 7) is 3.45. The van der Waals surface area contributed by atoms with Crippen molar-refractivity contribution in [3.8, 4) is 5.75 Å². The summed E-state index contributed by atoms with van der Waals surface area (Å²) in [5.74, 6) is -2.94. The van der Waals surface area contributed by atoms with Crippen molar-refractivity contribution in [2.24, 2.45) is 11.8 Å². The predicted molar refractivity (Wildman–Crippen MR) is 69.8 cm³/mol. The molecule has 1 rings (SSSR count). The predicted octanol–water partition coefficient (Wildman–Crippen LogP) is 3.18. The summed E-state index contributed by atoms with van der Waals surface area (Å²) < 4.78 is 53.8. The molecule has 0 aliphatic carbocycles. The number of hydrogen-bond donors (Lipinski definition) is 0. The van der Waals surface area contributed by atoms with Gasteiger partial charge < -0.3 is 4.74 Å². The Kier molecular flexibility index (Phi) is 5.55. The summed E-state index contributed by atoms with van der Waals surface area (Å²) >= 11 is 0. The largest absolute Gasteiger partial charge is 0.487 e. The van der Waals surface area contributed by atoms with E-state index >= 15 is 0 Å². The Morgan fingerprint density at radius 1 is 1.26 bits per heavy atom. The zero-order valence-corrected chi connectivity index (χ0v) is 12.1. The third-order valence-corrected chi connectivity index (χ3v) is 3.92. The maximum atomic E-state index is 13.3. The first-order valence-electron chi connectivity index (χ1n) is 5.70. The van der Waals surface area contributed by atoms with E-state index in [0.717, 1.165) is 12.1 Å². The molecule has 19 heavy (non-hydrogen) atoms. The van der Waals surface area contributed by atoms with Crippen LogP contribution >= 0.6 is 10.7 Å². The van der Waals surface area contributed by atoms with Crippen LogP contribution in [0.1, 0.15) is 13.8 Å². The highest BCUT2D eigenvalue weighted by atomic mass is 35.7. The second-order valence-corrected chi connectivity index (χ2v) is 7.39. The fourth-order valence-electron chi connectivity index (χ4n) is 1.50. The number of rotatable bonds is 6. The molecule has 0 fully saturated rings. The van der Waals surface area contributed by atoms with Crippen molar-refractivity contribution in [3.63, 3.8) is 0 Å². The molecule has 1 aromatic rings. The van der Waals surface area contributed by atoms with Crippen molar-refractivity contribution in [2.75, 3.05) is 12.4 Å². The highest BCUT2D eigenvalue weighted by molar-refractivity contribution is 8.13. The summed E-state index contributed by atoms with van der Waals surface area (Å²) in [7, 11) is 1.50. The zero-order chi connectivity index (χ0) is 14.6. The van der Waals surface area contributed by atoms with Crippen molar-refractivity contribution < 1.29 is 21.9 Å². The Morgan fingerprint density at radius 3 is 2.21 bits per heavy atom. The molecule has 0 amide bonds. The van der Waals surface area contributed by atoms with Crippen LogP contribution < -0.4 is 4.74 Å². The highest BCUT2D eigenvalue weighted by Gasteiger charge is 2.22. The van der Waals surface area contributed by atoms with Crippen LogP contribution in [-0.4, -0.2) is 20.8 Å². The Labute approximate surface area is 115 Å². The fourth-order valence-corrected chi connectivity index (χ4v) is 2.98. The van der Waals surface area contributed by atoms with Crippen molar-refractivity contribution in [2.45, 2.75) is 13.8 Å². The van der Waals surface area contributed by atoms with E-state index in [0.29, 0.717) is 0 Å². The molecule has 1 atom stereocenters. The SMILES string of the molecule is CC(C)C(COc1c(F)cccc1F)CS(=O)(=O)Cl. The average molecular weight is 313 g/mol. The molecular formula is C12H15ClF2O3S. The minimum absolute atomic E-state index is 0.0524. The van der Waals surface area contributed by atoms with Crippen molar-refractivity contribution >= 4 is 19.7 Å². The minimum atomic E-state index is -3.69. The van der Waals surface area contributed by atoms with Gasteiger partial charge in [0.05, 0.1) is 12.4 Å². The van der Waals surface area contributed by atoms with Crippen LogP contribution in [0.4, 0.5) is 8.78 Å². The van der Waals surface area contributed by atoms with Gasteiger partial charge in [-0.2, -0.15) is 0 Å². The second kappa shape index (κ2) is 6.52. The van der Waals surface area contributed by atoms with Crippen LogP contribution in [0.15, 0.2) is 18.2 Å². The Morgan fingerprint density at radius 2 is 1.79 bits per heavy atom. The van der Waals surface area contributed by atoms with E-state index in [1.807, 2.05) is 0 Å². The second-order valence-electron chi connectivity index (χ2n) is 4.57. The molecule has 3 nitrogen and oxygen atoms in total. The molecule has 0 saturated carbocycles. The summed E-state index contributed by atoms with van der Waals surface area (Å²) in [5.41, 5.74) is 0. The van der Waals surface area contributed by atoms with Crippen LogP contribution in [0.2, 0.25) is 0 Å². The van der Waals surface area contributed by atoms with Gasteiger partial charge in [-0.15, -0.1) is 0 Å². The first-order chi connectivity index (χ1) is 8.70. The molecule has 0 heterocycles. The molecular weight excluding hydrogens is 298 g/mol. The van der Waals surface area contributed by atoms with Gasteiger partial charge in [-0.3, -0.25) is 0 Å². The van der Waals surface area contributed by atoms with Crippen molar-refractivity contribution in [3.05, 3.63) is 29.8 Å².